The van der Waals surface area contributed by atoms with Crippen LogP contribution in [0.25, 0.3) is 0 Å². The van der Waals surface area contributed by atoms with E-state index in [0.717, 1.165) is 16.4 Å². The molecule has 2 atom stereocenters. The number of amides is 1. The van der Waals surface area contributed by atoms with Gasteiger partial charge in [-0.1, -0.05) is 29.8 Å². The third-order valence-electron chi connectivity index (χ3n) is 3.57. The Balaban J connectivity index is 2.32. The standard InChI is InChI=1S/C16H14ClF3N2O4S/c1-15(24,16(18,19)20)14(23)21-13-8-7-11(9-12(13)17)22(27(25)26)10-5-3-2-4-6-10/h2-9,24H,1H3,(H,21,23)(H,25,26)/p-1/t15-/m1/s1. The number of halogens is 4. The largest absolute Gasteiger partial charge is 0.755 e. The maximum Gasteiger partial charge on any atom is 0.426 e. The van der Waals surface area contributed by atoms with E-state index in [1.165, 1.54) is 18.2 Å². The van der Waals surface area contributed by atoms with Crippen molar-refractivity contribution in [1.29, 1.82) is 0 Å². The highest BCUT2D eigenvalue weighted by Gasteiger charge is 2.55. The normalized spacial score (nSPS) is 14.9. The van der Waals surface area contributed by atoms with Crippen molar-refractivity contribution in [2.24, 2.45) is 0 Å². The fourth-order valence-corrected chi connectivity index (χ4v) is 2.79. The van der Waals surface area contributed by atoms with Crippen LogP contribution in [-0.4, -0.2) is 31.6 Å². The molecular formula is C16H13ClF3N2O4S-. The number of benzene rings is 2. The zero-order chi connectivity index (χ0) is 20.4. The second kappa shape index (κ2) is 7.85. The van der Waals surface area contributed by atoms with Crippen LogP contribution in [0.1, 0.15) is 6.92 Å². The lowest BCUT2D eigenvalue weighted by Crippen LogP contribution is -2.52. The Labute approximate surface area is 160 Å². The van der Waals surface area contributed by atoms with Crippen LogP contribution in [0.2, 0.25) is 5.02 Å². The van der Waals surface area contributed by atoms with Gasteiger partial charge in [0.25, 0.3) is 5.91 Å². The summed E-state index contributed by atoms with van der Waals surface area (Å²) in [6.45, 7) is 0.308. The summed E-state index contributed by atoms with van der Waals surface area (Å²) in [5.74, 6) is -1.73. The number of hydrogen-bond donors (Lipinski definition) is 2. The predicted molar refractivity (Wildman–Crippen MR) is 94.3 cm³/mol. The Kier molecular flexibility index (Phi) is 6.15. The Morgan fingerprint density at radius 3 is 2.26 bits per heavy atom. The van der Waals surface area contributed by atoms with Crippen LogP contribution in [0.5, 0.6) is 0 Å². The second-order valence-corrected chi connectivity index (χ2v) is 6.74. The molecule has 11 heteroatoms. The molecule has 0 aromatic heterocycles. The van der Waals surface area contributed by atoms with Gasteiger partial charge in [-0.15, -0.1) is 0 Å². The van der Waals surface area contributed by atoms with Crippen LogP contribution in [-0.2, 0) is 16.1 Å². The number of hydrogen-bond acceptors (Lipinski definition) is 4. The number of aliphatic hydroxyl groups is 1. The molecule has 146 valence electrons. The minimum absolute atomic E-state index is 0.0973. The molecule has 0 fully saturated rings. The minimum atomic E-state index is -5.19. The lowest BCUT2D eigenvalue weighted by atomic mass is 10.1. The fraction of sp³-hybridized carbons (Fsp3) is 0.188. The molecule has 0 bridgehead atoms. The zero-order valence-corrected chi connectivity index (χ0v) is 15.2. The van der Waals surface area contributed by atoms with Gasteiger partial charge < -0.3 is 15.0 Å². The summed E-state index contributed by atoms with van der Waals surface area (Å²) >= 11 is 3.26. The monoisotopic (exact) mass is 421 g/mol. The zero-order valence-electron chi connectivity index (χ0n) is 13.7. The van der Waals surface area contributed by atoms with Crippen molar-refractivity contribution in [2.45, 2.75) is 18.7 Å². The molecule has 0 aliphatic rings. The van der Waals surface area contributed by atoms with Gasteiger partial charge in [-0.05, 0) is 37.3 Å². The molecule has 27 heavy (non-hydrogen) atoms. The first-order valence-corrected chi connectivity index (χ1v) is 8.71. The highest BCUT2D eigenvalue weighted by molar-refractivity contribution is 7.81. The molecule has 1 unspecified atom stereocenters. The van der Waals surface area contributed by atoms with Crippen molar-refractivity contribution in [3.63, 3.8) is 0 Å². The van der Waals surface area contributed by atoms with Gasteiger partial charge in [0.1, 0.15) is 0 Å². The van der Waals surface area contributed by atoms with Crippen molar-refractivity contribution in [3.8, 4) is 0 Å². The number of alkyl halides is 3. The van der Waals surface area contributed by atoms with E-state index in [4.69, 9.17) is 11.6 Å². The average molecular weight is 422 g/mol. The minimum Gasteiger partial charge on any atom is -0.755 e. The predicted octanol–water partition coefficient (Wildman–Crippen LogP) is 3.52. The van der Waals surface area contributed by atoms with E-state index in [0.29, 0.717) is 12.6 Å². The van der Waals surface area contributed by atoms with Crippen LogP contribution >= 0.6 is 11.6 Å². The van der Waals surface area contributed by atoms with Gasteiger partial charge in [-0.2, -0.15) is 13.2 Å². The second-order valence-electron chi connectivity index (χ2n) is 5.54. The quantitative estimate of drug-likeness (QED) is 0.722. The van der Waals surface area contributed by atoms with Crippen LogP contribution in [0.15, 0.2) is 48.5 Å². The topological polar surface area (TPSA) is 92.7 Å². The van der Waals surface area contributed by atoms with Crippen molar-refractivity contribution in [2.75, 3.05) is 9.62 Å². The van der Waals surface area contributed by atoms with E-state index < -0.39 is 29.0 Å². The van der Waals surface area contributed by atoms with Gasteiger partial charge >= 0.3 is 6.18 Å². The molecule has 6 nitrogen and oxygen atoms in total. The lowest BCUT2D eigenvalue weighted by molar-refractivity contribution is -0.242. The first-order chi connectivity index (χ1) is 12.4. The summed E-state index contributed by atoms with van der Waals surface area (Å²) in [4.78, 5) is 11.7. The summed E-state index contributed by atoms with van der Waals surface area (Å²) in [6, 6.07) is 11.5. The summed E-state index contributed by atoms with van der Waals surface area (Å²) in [5.41, 5.74) is -3.44. The molecule has 2 aromatic carbocycles. The van der Waals surface area contributed by atoms with Crippen LogP contribution in [0.4, 0.5) is 30.2 Å². The van der Waals surface area contributed by atoms with E-state index >= 15 is 0 Å². The summed E-state index contributed by atoms with van der Waals surface area (Å²) in [5, 5.41) is 11.0. The van der Waals surface area contributed by atoms with E-state index in [1.807, 2.05) is 5.32 Å². The van der Waals surface area contributed by atoms with Gasteiger partial charge in [0.15, 0.2) is 0 Å². The number of carbonyl (C=O) groups excluding carboxylic acids is 1. The van der Waals surface area contributed by atoms with E-state index in [9.17, 15) is 31.8 Å². The maximum atomic E-state index is 12.7. The molecular weight excluding hydrogens is 409 g/mol. The Morgan fingerprint density at radius 1 is 1.19 bits per heavy atom. The maximum absolute atomic E-state index is 12.7. The van der Waals surface area contributed by atoms with Gasteiger partial charge in [0.2, 0.25) is 5.60 Å². The number of nitrogens with one attached hydrogen (secondary N) is 1. The van der Waals surface area contributed by atoms with Crippen LogP contribution in [0.3, 0.4) is 0 Å². The molecule has 0 radical (unpaired) electrons. The van der Waals surface area contributed by atoms with Crippen molar-refractivity contribution < 1.29 is 31.8 Å². The Bertz CT molecular complexity index is 862. The first kappa shape index (κ1) is 21.2. The van der Waals surface area contributed by atoms with Crippen molar-refractivity contribution in [3.05, 3.63) is 53.6 Å². The van der Waals surface area contributed by atoms with E-state index in [-0.39, 0.29) is 16.4 Å². The number of anilines is 3. The Morgan fingerprint density at radius 2 is 1.78 bits per heavy atom. The highest BCUT2D eigenvalue weighted by atomic mass is 35.5. The third kappa shape index (κ3) is 4.59. The average Bonchev–Trinajstić information content (AvgIpc) is 2.57. The molecule has 0 saturated carbocycles. The van der Waals surface area contributed by atoms with Crippen molar-refractivity contribution in [1.82, 2.24) is 0 Å². The SMILES string of the molecule is C[C@@](O)(C(=O)Nc1ccc(N(c2ccccc2)S(=O)[O-])cc1Cl)C(F)(F)F. The van der Waals surface area contributed by atoms with Crippen LogP contribution < -0.4 is 9.62 Å². The number of rotatable bonds is 5. The Hall–Kier alpha value is -2.14. The highest BCUT2D eigenvalue weighted by Crippen LogP contribution is 2.35. The van der Waals surface area contributed by atoms with Gasteiger partial charge in [0, 0.05) is 0 Å². The van der Waals surface area contributed by atoms with E-state index in [1.54, 1.807) is 18.2 Å². The number of carbonyl (C=O) groups is 1. The molecule has 2 N–H and O–H groups in total. The van der Waals surface area contributed by atoms with E-state index in [2.05, 4.69) is 0 Å². The van der Waals surface area contributed by atoms with Gasteiger partial charge in [-0.25, -0.2) is 0 Å². The number of para-hydroxylation sites is 1. The number of nitrogens with zero attached hydrogens (tertiary/aromatic N) is 1. The smallest absolute Gasteiger partial charge is 0.426 e. The fourth-order valence-electron chi connectivity index (χ4n) is 1.99. The summed E-state index contributed by atoms with van der Waals surface area (Å²) < 4.78 is 62.2. The summed E-state index contributed by atoms with van der Waals surface area (Å²) in [6.07, 6.45) is -5.19. The first-order valence-electron chi connectivity index (χ1n) is 7.30. The van der Waals surface area contributed by atoms with Crippen molar-refractivity contribution >= 4 is 45.8 Å². The third-order valence-corrected chi connectivity index (χ3v) is 4.60. The molecule has 0 aliphatic heterocycles. The molecule has 0 spiro atoms. The van der Waals surface area contributed by atoms with Gasteiger partial charge in [0.05, 0.1) is 33.4 Å². The molecule has 0 heterocycles. The molecule has 0 saturated heterocycles. The lowest BCUT2D eigenvalue weighted by Gasteiger charge is -2.27. The molecule has 0 aliphatic carbocycles. The summed E-state index contributed by atoms with van der Waals surface area (Å²) in [7, 11) is 0. The molecule has 1 amide bonds. The van der Waals surface area contributed by atoms with Crippen LogP contribution in [0, 0.1) is 0 Å². The molecule has 2 rings (SSSR count). The molecule has 2 aromatic rings. The van der Waals surface area contributed by atoms with Gasteiger partial charge in [-0.3, -0.25) is 13.3 Å².